The molecule has 6 heteroatoms. The smallest absolute Gasteiger partial charge is 0.312 e. The molecule has 0 aliphatic heterocycles. The first kappa shape index (κ1) is 15.0. The van der Waals surface area contributed by atoms with Gasteiger partial charge in [-0.05, 0) is 11.6 Å². The molecule has 0 spiro atoms. The topological polar surface area (TPSA) is 52.6 Å². The van der Waals surface area contributed by atoms with Crippen LogP contribution in [0.15, 0.2) is 24.3 Å². The summed E-state index contributed by atoms with van der Waals surface area (Å²) in [6.45, 7) is 1.57. The summed E-state index contributed by atoms with van der Waals surface area (Å²) in [6, 6.07) is 6.01. The second kappa shape index (κ2) is 6.23. The van der Waals surface area contributed by atoms with Gasteiger partial charge in [0.2, 0.25) is 0 Å². The molecule has 0 bridgehead atoms. The first-order chi connectivity index (χ1) is 8.43. The number of ketones is 1. The third-order valence-electron chi connectivity index (χ3n) is 2.76. The summed E-state index contributed by atoms with van der Waals surface area (Å²) >= 11 is 0. The van der Waals surface area contributed by atoms with Crippen molar-refractivity contribution in [2.75, 3.05) is 20.4 Å². The maximum atomic E-state index is 13.5. The van der Waals surface area contributed by atoms with Crippen molar-refractivity contribution < 1.29 is 22.8 Å². The fourth-order valence-electron chi connectivity index (χ4n) is 1.53. The molecule has 0 aliphatic carbocycles. The van der Waals surface area contributed by atoms with Gasteiger partial charge in [0.25, 0.3) is 0 Å². The highest BCUT2D eigenvalue weighted by Crippen LogP contribution is 2.47. The normalized spacial score (nSPS) is 13.3. The first-order valence-corrected chi connectivity index (χ1v) is 7.14. The molecule has 0 saturated heterocycles. The van der Waals surface area contributed by atoms with Gasteiger partial charge in [-0.1, -0.05) is 25.1 Å². The summed E-state index contributed by atoms with van der Waals surface area (Å²) in [5.74, 6) is -1.53. The number of Topliss-reactive ketones (excluding diaryl/α,β-unsaturated/α-hetero) is 1. The van der Waals surface area contributed by atoms with E-state index in [-0.39, 0.29) is 17.5 Å². The Hall–Kier alpha value is -1.03. The van der Waals surface area contributed by atoms with Gasteiger partial charge in [0.15, 0.2) is 5.78 Å². The second-order valence-electron chi connectivity index (χ2n) is 3.84. The number of hydrogen-bond acceptors (Lipinski definition) is 4. The number of carbonyl (C=O) groups excluding carboxylic acids is 1. The molecule has 0 fully saturated rings. The molecule has 18 heavy (non-hydrogen) atoms. The number of hydrogen-bond donors (Lipinski definition) is 0. The third kappa shape index (κ3) is 3.48. The molecule has 1 aromatic rings. The number of halogens is 1. The predicted octanol–water partition coefficient (Wildman–Crippen LogP) is 2.98. The average molecular weight is 274 g/mol. The molecule has 0 radical (unpaired) electrons. The lowest BCUT2D eigenvalue weighted by Crippen LogP contribution is -2.16. The zero-order valence-corrected chi connectivity index (χ0v) is 11.4. The molecule has 4 nitrogen and oxygen atoms in total. The van der Waals surface area contributed by atoms with Crippen molar-refractivity contribution in [3.63, 3.8) is 0 Å². The molecule has 0 unspecified atom stereocenters. The molecule has 100 valence electrons. The highest BCUT2D eigenvalue weighted by Gasteiger charge is 2.29. The van der Waals surface area contributed by atoms with Crippen LogP contribution in [-0.4, -0.2) is 26.2 Å². The van der Waals surface area contributed by atoms with Gasteiger partial charge in [0.1, 0.15) is 12.0 Å². The van der Waals surface area contributed by atoms with Gasteiger partial charge >= 0.3 is 7.60 Å². The van der Waals surface area contributed by atoms with Gasteiger partial charge < -0.3 is 9.05 Å². The highest BCUT2D eigenvalue weighted by atomic mass is 31.2. The van der Waals surface area contributed by atoms with Crippen molar-refractivity contribution in [2.45, 2.75) is 12.8 Å². The van der Waals surface area contributed by atoms with Crippen molar-refractivity contribution in [1.82, 2.24) is 0 Å². The number of carbonyl (C=O) groups is 1. The minimum Gasteiger partial charge on any atom is -0.312 e. The first-order valence-electron chi connectivity index (χ1n) is 5.41. The molecule has 0 heterocycles. The van der Waals surface area contributed by atoms with Crippen LogP contribution in [0, 0.1) is 5.82 Å². The Morgan fingerprint density at radius 3 is 2.39 bits per heavy atom. The van der Waals surface area contributed by atoms with Crippen LogP contribution >= 0.6 is 7.60 Å². The zero-order chi connectivity index (χ0) is 13.8. The highest BCUT2D eigenvalue weighted by molar-refractivity contribution is 7.54. The van der Waals surface area contributed by atoms with Gasteiger partial charge in [-0.2, -0.15) is 0 Å². The van der Waals surface area contributed by atoms with E-state index in [0.717, 1.165) is 0 Å². The summed E-state index contributed by atoms with van der Waals surface area (Å²) < 4.78 is 34.7. The molecule has 0 N–H and O–H groups in total. The molecule has 0 aliphatic rings. The maximum Gasteiger partial charge on any atom is 0.337 e. The summed E-state index contributed by atoms with van der Waals surface area (Å²) in [5, 5.41) is 0. The van der Waals surface area contributed by atoms with Crippen LogP contribution in [0.25, 0.3) is 0 Å². The molecule has 1 rings (SSSR count). The average Bonchev–Trinajstić information content (AvgIpc) is 2.38. The lowest BCUT2D eigenvalue weighted by Gasteiger charge is -2.16. The van der Waals surface area contributed by atoms with E-state index >= 15 is 0 Å². The molecule has 1 aromatic carbocycles. The lowest BCUT2D eigenvalue weighted by molar-refractivity contribution is -0.118. The Balaban J connectivity index is 2.86. The maximum absolute atomic E-state index is 13.5. The van der Waals surface area contributed by atoms with E-state index in [2.05, 4.69) is 0 Å². The SMILES string of the molecule is COP(=O)(CC(=O)[C@@H](C)c1ccccc1F)OC. The lowest BCUT2D eigenvalue weighted by atomic mass is 9.97. The Bertz CT molecular complexity index is 467. The van der Waals surface area contributed by atoms with Crippen LogP contribution in [0.5, 0.6) is 0 Å². The summed E-state index contributed by atoms with van der Waals surface area (Å²) in [4.78, 5) is 11.9. The van der Waals surface area contributed by atoms with E-state index in [1.807, 2.05) is 0 Å². The monoisotopic (exact) mass is 274 g/mol. The Morgan fingerprint density at radius 1 is 1.33 bits per heavy atom. The van der Waals surface area contributed by atoms with Crippen LogP contribution < -0.4 is 0 Å². The Labute approximate surface area is 106 Å². The van der Waals surface area contributed by atoms with Gasteiger partial charge in [-0.3, -0.25) is 9.36 Å². The number of rotatable bonds is 6. The third-order valence-corrected chi connectivity index (χ3v) is 4.57. The second-order valence-corrected chi connectivity index (χ2v) is 6.11. The fraction of sp³-hybridized carbons (Fsp3) is 0.417. The minimum atomic E-state index is -3.40. The summed E-state index contributed by atoms with van der Waals surface area (Å²) in [6.07, 6.45) is -0.366. The van der Waals surface area contributed by atoms with Crippen LogP contribution in [0.1, 0.15) is 18.4 Å². The van der Waals surface area contributed by atoms with Gasteiger partial charge in [0, 0.05) is 20.1 Å². The molecular formula is C12H16FO4P. The van der Waals surface area contributed by atoms with Crippen LogP contribution in [-0.2, 0) is 18.4 Å². The fourth-order valence-corrected chi connectivity index (χ4v) is 2.59. The molecule has 0 amide bonds. The van der Waals surface area contributed by atoms with E-state index in [1.165, 1.54) is 26.4 Å². The van der Waals surface area contributed by atoms with E-state index < -0.39 is 19.3 Å². The van der Waals surface area contributed by atoms with Crippen molar-refractivity contribution in [1.29, 1.82) is 0 Å². The van der Waals surface area contributed by atoms with Crippen molar-refractivity contribution in [3.05, 3.63) is 35.6 Å². The van der Waals surface area contributed by atoms with Crippen molar-refractivity contribution >= 4 is 13.4 Å². The van der Waals surface area contributed by atoms with E-state index in [4.69, 9.17) is 9.05 Å². The Morgan fingerprint density at radius 2 is 1.89 bits per heavy atom. The van der Waals surface area contributed by atoms with Crippen molar-refractivity contribution in [2.24, 2.45) is 0 Å². The van der Waals surface area contributed by atoms with Gasteiger partial charge in [0.05, 0.1) is 0 Å². The summed E-state index contributed by atoms with van der Waals surface area (Å²) in [7, 11) is -0.971. The van der Waals surface area contributed by atoms with Gasteiger partial charge in [-0.15, -0.1) is 0 Å². The van der Waals surface area contributed by atoms with Crippen LogP contribution in [0.4, 0.5) is 4.39 Å². The van der Waals surface area contributed by atoms with Crippen LogP contribution in [0.2, 0.25) is 0 Å². The minimum absolute atomic E-state index is 0.279. The van der Waals surface area contributed by atoms with E-state index in [0.29, 0.717) is 0 Å². The van der Waals surface area contributed by atoms with Crippen LogP contribution in [0.3, 0.4) is 0 Å². The molecule has 1 atom stereocenters. The Kier molecular flexibility index (Phi) is 5.20. The van der Waals surface area contributed by atoms with Crippen molar-refractivity contribution in [3.8, 4) is 0 Å². The number of benzene rings is 1. The zero-order valence-electron chi connectivity index (χ0n) is 10.6. The molecule has 0 aromatic heterocycles. The quantitative estimate of drug-likeness (QED) is 0.748. The standard InChI is InChI=1S/C12H16FO4P/c1-9(10-6-4-5-7-11(10)13)12(14)8-18(15,16-2)17-3/h4-7,9H,8H2,1-3H3/t9-/m0/s1. The largest absolute Gasteiger partial charge is 0.337 e. The molecular weight excluding hydrogens is 258 g/mol. The van der Waals surface area contributed by atoms with E-state index in [9.17, 15) is 13.8 Å². The summed E-state index contributed by atoms with van der Waals surface area (Å²) in [5.41, 5.74) is 0.279. The predicted molar refractivity (Wildman–Crippen MR) is 66.3 cm³/mol. The van der Waals surface area contributed by atoms with E-state index in [1.54, 1.807) is 19.1 Å². The van der Waals surface area contributed by atoms with Gasteiger partial charge in [-0.25, -0.2) is 4.39 Å². The molecule has 0 saturated carbocycles.